The van der Waals surface area contributed by atoms with Gasteiger partial charge >= 0.3 is 0 Å². The van der Waals surface area contributed by atoms with Crippen LogP contribution in [0.5, 0.6) is 0 Å². The highest BCUT2D eigenvalue weighted by atomic mass is 32.1. The summed E-state index contributed by atoms with van der Waals surface area (Å²) in [5.41, 5.74) is 12.1. The van der Waals surface area contributed by atoms with Crippen LogP contribution in [0.1, 0.15) is 0 Å². The van der Waals surface area contributed by atoms with Gasteiger partial charge in [-0.25, -0.2) is 9.97 Å². The van der Waals surface area contributed by atoms with E-state index in [1.165, 1.54) is 69.5 Å². The van der Waals surface area contributed by atoms with Gasteiger partial charge in [-0.2, -0.15) is 0 Å². The zero-order valence-electron chi connectivity index (χ0n) is 30.9. The number of rotatable bonds is 6. The molecule has 9 aromatic carbocycles. The largest absolute Gasteiger partial charge is 0.228 e. The second-order valence-electron chi connectivity index (χ2n) is 14.5. The van der Waals surface area contributed by atoms with Gasteiger partial charge in [0.15, 0.2) is 5.82 Å². The maximum Gasteiger partial charge on any atom is 0.160 e. The molecule has 0 atom stereocenters. The molecule has 3 heteroatoms. The lowest BCUT2D eigenvalue weighted by Gasteiger charge is -2.13. The Bertz CT molecular complexity index is 3250. The topological polar surface area (TPSA) is 25.8 Å². The number of fused-ring (bicyclic) bond motifs is 6. The molecule has 0 aliphatic heterocycles. The summed E-state index contributed by atoms with van der Waals surface area (Å²) in [5, 5.41) is 7.70. The van der Waals surface area contributed by atoms with Crippen molar-refractivity contribution in [3.05, 3.63) is 206 Å². The van der Waals surface area contributed by atoms with Crippen molar-refractivity contribution in [3.8, 4) is 67.3 Å². The van der Waals surface area contributed by atoms with Crippen molar-refractivity contribution in [1.82, 2.24) is 9.97 Å². The van der Waals surface area contributed by atoms with Crippen molar-refractivity contribution >= 4 is 53.1 Å². The molecule has 2 heterocycles. The van der Waals surface area contributed by atoms with E-state index in [2.05, 4.69) is 200 Å². The van der Waals surface area contributed by atoms with E-state index in [4.69, 9.17) is 9.97 Å². The third-order valence-corrected chi connectivity index (χ3v) is 12.3. The molecule has 2 nitrogen and oxygen atoms in total. The summed E-state index contributed by atoms with van der Waals surface area (Å²) >= 11 is 1.86. The number of nitrogens with zero attached hydrogens (tertiary/aromatic N) is 2. The number of hydrogen-bond donors (Lipinski definition) is 0. The average Bonchev–Trinajstić information content (AvgIpc) is 3.68. The summed E-state index contributed by atoms with van der Waals surface area (Å²) in [4.78, 5) is 10.3. The minimum atomic E-state index is 0.703. The first kappa shape index (κ1) is 33.2. The van der Waals surface area contributed by atoms with Crippen LogP contribution in [0.4, 0.5) is 0 Å². The fraction of sp³-hybridized carbons (Fsp3) is 0. The summed E-state index contributed by atoms with van der Waals surface area (Å²) in [7, 11) is 0. The lowest BCUT2D eigenvalue weighted by Crippen LogP contribution is -1.96. The Morgan fingerprint density at radius 3 is 1.53 bits per heavy atom. The van der Waals surface area contributed by atoms with Gasteiger partial charge in [-0.15, -0.1) is 11.3 Å². The van der Waals surface area contributed by atoms with Crippen LogP contribution in [0.2, 0.25) is 0 Å². The quantitative estimate of drug-likeness (QED) is 0.159. The molecule has 0 radical (unpaired) electrons. The Hall–Kier alpha value is -7.20. The molecule has 0 unspecified atom stereocenters. The molecular formula is C54H34N2S. The molecule has 2 aromatic heterocycles. The van der Waals surface area contributed by atoms with E-state index in [1.54, 1.807) is 0 Å². The normalized spacial score (nSPS) is 11.5. The van der Waals surface area contributed by atoms with Gasteiger partial charge in [0.2, 0.25) is 0 Å². The Morgan fingerprint density at radius 2 is 0.807 bits per heavy atom. The predicted molar refractivity (Wildman–Crippen MR) is 243 cm³/mol. The fourth-order valence-corrected chi connectivity index (χ4v) is 9.40. The number of hydrogen-bond acceptors (Lipinski definition) is 3. The van der Waals surface area contributed by atoms with Crippen molar-refractivity contribution in [1.29, 1.82) is 0 Å². The standard InChI is InChI=1S/C54H34N2S/c1-2-11-39(12-3-1)49-34-50(40-29-27-38(28-30-40)48-33-42-13-4-5-14-43(42)45-15-6-7-16-46(45)48)56-54(55-49)41-31-23-36(24-32-41)35-21-25-37(26-22-35)44-18-10-20-52-53(44)47-17-8-9-19-51(47)57-52/h1-34H. The predicted octanol–water partition coefficient (Wildman–Crippen LogP) is 15.2. The van der Waals surface area contributed by atoms with Gasteiger partial charge in [-0.3, -0.25) is 0 Å². The highest BCUT2D eigenvalue weighted by molar-refractivity contribution is 7.25. The third kappa shape index (κ3) is 5.97. The van der Waals surface area contributed by atoms with Gasteiger partial charge in [0.1, 0.15) is 0 Å². The summed E-state index contributed by atoms with van der Waals surface area (Å²) in [5.74, 6) is 0.703. The highest BCUT2D eigenvalue weighted by Crippen LogP contribution is 2.41. The van der Waals surface area contributed by atoms with Gasteiger partial charge in [0.05, 0.1) is 11.4 Å². The van der Waals surface area contributed by atoms with E-state index in [0.717, 1.165) is 33.6 Å². The molecule has 0 saturated heterocycles. The molecule has 0 N–H and O–H groups in total. The minimum Gasteiger partial charge on any atom is -0.228 e. The Kier molecular flexibility index (Phi) is 8.04. The summed E-state index contributed by atoms with van der Waals surface area (Å²) < 4.78 is 2.65. The van der Waals surface area contributed by atoms with Gasteiger partial charge in [0, 0.05) is 36.9 Å². The van der Waals surface area contributed by atoms with Crippen LogP contribution in [0, 0.1) is 0 Å². The van der Waals surface area contributed by atoms with E-state index < -0.39 is 0 Å². The second kappa shape index (κ2) is 13.8. The summed E-state index contributed by atoms with van der Waals surface area (Å²) in [6, 6.07) is 73.9. The molecule has 0 spiro atoms. The Labute approximate surface area is 335 Å². The van der Waals surface area contributed by atoms with Crippen molar-refractivity contribution in [2.75, 3.05) is 0 Å². The second-order valence-corrected chi connectivity index (χ2v) is 15.6. The van der Waals surface area contributed by atoms with E-state index >= 15 is 0 Å². The van der Waals surface area contributed by atoms with E-state index in [-0.39, 0.29) is 0 Å². The van der Waals surface area contributed by atoms with Crippen LogP contribution in [0.25, 0.3) is 109 Å². The van der Waals surface area contributed by atoms with Crippen molar-refractivity contribution in [2.24, 2.45) is 0 Å². The number of aromatic nitrogens is 2. The monoisotopic (exact) mass is 742 g/mol. The molecule has 0 amide bonds. The average molecular weight is 743 g/mol. The smallest absolute Gasteiger partial charge is 0.160 e. The van der Waals surface area contributed by atoms with Crippen LogP contribution >= 0.6 is 11.3 Å². The van der Waals surface area contributed by atoms with Crippen molar-refractivity contribution in [2.45, 2.75) is 0 Å². The number of thiophene rings is 1. The van der Waals surface area contributed by atoms with E-state index in [0.29, 0.717) is 5.82 Å². The molecule has 0 fully saturated rings. The molecule has 11 rings (SSSR count). The highest BCUT2D eigenvalue weighted by Gasteiger charge is 2.14. The minimum absolute atomic E-state index is 0.703. The maximum atomic E-state index is 5.17. The molecular weight excluding hydrogens is 709 g/mol. The zero-order chi connectivity index (χ0) is 37.7. The van der Waals surface area contributed by atoms with Crippen LogP contribution in [0.15, 0.2) is 206 Å². The first-order chi connectivity index (χ1) is 28.2. The first-order valence-corrected chi connectivity index (χ1v) is 20.1. The van der Waals surface area contributed by atoms with Gasteiger partial charge < -0.3 is 0 Å². The van der Waals surface area contributed by atoms with Crippen LogP contribution in [-0.2, 0) is 0 Å². The summed E-state index contributed by atoms with van der Waals surface area (Å²) in [6.45, 7) is 0. The number of benzene rings is 9. The Balaban J connectivity index is 0.929. The lowest BCUT2D eigenvalue weighted by atomic mass is 9.93. The molecule has 0 bridgehead atoms. The maximum absolute atomic E-state index is 5.17. The van der Waals surface area contributed by atoms with Crippen LogP contribution < -0.4 is 0 Å². The van der Waals surface area contributed by atoms with Crippen molar-refractivity contribution in [3.63, 3.8) is 0 Å². The lowest BCUT2D eigenvalue weighted by molar-refractivity contribution is 1.18. The SMILES string of the molecule is c1ccc(-c2cc(-c3ccc(-c4cc5ccccc5c5ccccc45)cc3)nc(-c3ccc(-c4ccc(-c5cccc6sc7ccccc7c56)cc4)cc3)n2)cc1. The zero-order valence-corrected chi connectivity index (χ0v) is 31.7. The molecule has 11 aromatic rings. The fourth-order valence-electron chi connectivity index (χ4n) is 8.26. The molecule has 0 aliphatic carbocycles. The molecule has 57 heavy (non-hydrogen) atoms. The summed E-state index contributed by atoms with van der Waals surface area (Å²) in [6.07, 6.45) is 0. The molecule has 266 valence electrons. The van der Waals surface area contributed by atoms with Gasteiger partial charge in [-0.05, 0) is 79.2 Å². The Morgan fingerprint density at radius 1 is 0.298 bits per heavy atom. The first-order valence-electron chi connectivity index (χ1n) is 19.3. The van der Waals surface area contributed by atoms with Crippen molar-refractivity contribution < 1.29 is 0 Å². The van der Waals surface area contributed by atoms with E-state index in [1.807, 2.05) is 17.4 Å². The third-order valence-electron chi connectivity index (χ3n) is 11.1. The van der Waals surface area contributed by atoms with Crippen LogP contribution in [0.3, 0.4) is 0 Å². The van der Waals surface area contributed by atoms with E-state index in [9.17, 15) is 0 Å². The van der Waals surface area contributed by atoms with Gasteiger partial charge in [0.25, 0.3) is 0 Å². The molecule has 0 aliphatic rings. The molecule has 0 saturated carbocycles. The van der Waals surface area contributed by atoms with Gasteiger partial charge in [-0.1, -0.05) is 182 Å². The van der Waals surface area contributed by atoms with Crippen LogP contribution in [-0.4, -0.2) is 9.97 Å².